The Morgan fingerprint density at radius 1 is 1.44 bits per heavy atom. The fraction of sp³-hybridized carbons (Fsp3) is 0.409. The summed E-state index contributed by atoms with van der Waals surface area (Å²) in [5.74, 6) is 0.132. The molecule has 144 valence electrons. The van der Waals surface area contributed by atoms with Crippen molar-refractivity contribution in [2.45, 2.75) is 33.2 Å². The van der Waals surface area contributed by atoms with Crippen LogP contribution >= 0.6 is 0 Å². The highest BCUT2D eigenvalue weighted by molar-refractivity contribution is 5.86. The molecule has 0 saturated heterocycles. The molecule has 1 aromatic rings. The maximum Gasteiger partial charge on any atom is 0.267 e. The molecule has 0 aliphatic heterocycles. The van der Waals surface area contributed by atoms with Gasteiger partial charge in [-0.3, -0.25) is 10.0 Å². The first-order chi connectivity index (χ1) is 13.0. The second kappa shape index (κ2) is 8.55. The average molecular weight is 367 g/mol. The summed E-state index contributed by atoms with van der Waals surface area (Å²) >= 11 is 0. The van der Waals surface area contributed by atoms with Gasteiger partial charge in [0.25, 0.3) is 5.91 Å². The van der Waals surface area contributed by atoms with E-state index in [1.165, 1.54) is 22.9 Å². The van der Waals surface area contributed by atoms with Crippen molar-refractivity contribution in [2.75, 3.05) is 13.1 Å². The minimum Gasteiger partial charge on any atom is -0.346 e. The van der Waals surface area contributed by atoms with Gasteiger partial charge in [-0.1, -0.05) is 44.2 Å². The van der Waals surface area contributed by atoms with Crippen molar-refractivity contribution in [3.8, 4) is 0 Å². The van der Waals surface area contributed by atoms with Crippen molar-refractivity contribution in [3.63, 3.8) is 0 Å². The number of nitrogens with one attached hydrogen (secondary N) is 2. The molecule has 5 nitrogen and oxygen atoms in total. The zero-order valence-electron chi connectivity index (χ0n) is 16.1. The number of amides is 1. The van der Waals surface area contributed by atoms with Gasteiger partial charge in [-0.2, -0.15) is 0 Å². The standard InChI is InChI=1S/C22H29N3O2/c1-17-3-4-20-19(15-17)8-13-25(20)14-12-23-16-18-5-9-22(2,10-6-18)11-7-21(26)24-27/h3-9,11,13,17,23,27H,10,12,14-16H2,1-2H3,(H,24,26). The molecule has 27 heavy (non-hydrogen) atoms. The van der Waals surface area contributed by atoms with E-state index in [0.717, 1.165) is 32.5 Å². The number of allylic oxidation sites excluding steroid dienone is 4. The lowest BCUT2D eigenvalue weighted by molar-refractivity contribution is -0.124. The van der Waals surface area contributed by atoms with E-state index >= 15 is 0 Å². The summed E-state index contributed by atoms with van der Waals surface area (Å²) in [6.45, 7) is 7.04. The number of carbonyl (C=O) groups excluding carboxylic acids is 1. The van der Waals surface area contributed by atoms with Crippen LogP contribution in [-0.2, 0) is 17.8 Å². The molecule has 0 saturated carbocycles. The van der Waals surface area contributed by atoms with E-state index in [1.54, 1.807) is 5.48 Å². The lowest BCUT2D eigenvalue weighted by Crippen LogP contribution is -2.24. The second-order valence-corrected chi connectivity index (χ2v) is 7.77. The number of hydrogen-bond donors (Lipinski definition) is 3. The fourth-order valence-electron chi connectivity index (χ4n) is 3.55. The third kappa shape index (κ3) is 5.08. The molecule has 2 atom stereocenters. The Morgan fingerprint density at radius 3 is 3.04 bits per heavy atom. The van der Waals surface area contributed by atoms with Crippen molar-refractivity contribution < 1.29 is 10.0 Å². The number of fused-ring (bicyclic) bond motifs is 1. The van der Waals surface area contributed by atoms with Crippen molar-refractivity contribution in [2.24, 2.45) is 11.3 Å². The van der Waals surface area contributed by atoms with Crippen LogP contribution in [0.2, 0.25) is 0 Å². The average Bonchev–Trinajstić information content (AvgIpc) is 3.07. The van der Waals surface area contributed by atoms with E-state index in [4.69, 9.17) is 5.21 Å². The first kappa shape index (κ1) is 19.4. The van der Waals surface area contributed by atoms with Gasteiger partial charge in [0.05, 0.1) is 0 Å². The maximum absolute atomic E-state index is 11.1. The Balaban J connectivity index is 1.44. The Labute approximate surface area is 161 Å². The fourth-order valence-corrected chi connectivity index (χ4v) is 3.55. The summed E-state index contributed by atoms with van der Waals surface area (Å²) in [4.78, 5) is 11.1. The van der Waals surface area contributed by atoms with Crippen LogP contribution in [0, 0.1) is 11.3 Å². The topological polar surface area (TPSA) is 66.3 Å². The lowest BCUT2D eigenvalue weighted by Gasteiger charge is -2.24. The molecular weight excluding hydrogens is 338 g/mol. The molecule has 2 aliphatic rings. The Bertz CT molecular complexity index is 800. The first-order valence-corrected chi connectivity index (χ1v) is 9.57. The number of aromatic nitrogens is 1. The zero-order chi connectivity index (χ0) is 19.3. The van der Waals surface area contributed by atoms with Crippen LogP contribution in [0.3, 0.4) is 0 Å². The molecule has 1 aromatic heterocycles. The van der Waals surface area contributed by atoms with Gasteiger partial charge < -0.3 is 9.88 Å². The van der Waals surface area contributed by atoms with Crippen LogP contribution < -0.4 is 10.8 Å². The third-order valence-corrected chi connectivity index (χ3v) is 5.29. The molecule has 3 N–H and O–H groups in total. The monoisotopic (exact) mass is 367 g/mol. The lowest BCUT2D eigenvalue weighted by atomic mass is 9.81. The van der Waals surface area contributed by atoms with Gasteiger partial charge in [-0.15, -0.1) is 0 Å². The van der Waals surface area contributed by atoms with E-state index < -0.39 is 5.91 Å². The highest BCUT2D eigenvalue weighted by Gasteiger charge is 2.19. The van der Waals surface area contributed by atoms with Gasteiger partial charge in [0.1, 0.15) is 0 Å². The molecule has 0 bridgehead atoms. The number of carbonyl (C=O) groups is 1. The van der Waals surface area contributed by atoms with E-state index in [9.17, 15) is 4.79 Å². The summed E-state index contributed by atoms with van der Waals surface area (Å²) in [7, 11) is 0. The number of hydroxylamine groups is 1. The molecular formula is C22H29N3O2. The van der Waals surface area contributed by atoms with Crippen LogP contribution in [0.5, 0.6) is 0 Å². The summed E-state index contributed by atoms with van der Waals surface area (Å²) < 4.78 is 2.32. The van der Waals surface area contributed by atoms with E-state index in [2.05, 4.69) is 66.4 Å². The van der Waals surface area contributed by atoms with E-state index in [0.29, 0.717) is 5.92 Å². The third-order valence-electron chi connectivity index (χ3n) is 5.29. The van der Waals surface area contributed by atoms with Crippen LogP contribution in [0.25, 0.3) is 6.08 Å². The minimum absolute atomic E-state index is 0.191. The molecule has 1 amide bonds. The van der Waals surface area contributed by atoms with E-state index in [1.807, 2.05) is 6.08 Å². The van der Waals surface area contributed by atoms with Gasteiger partial charge in [0, 0.05) is 43.0 Å². The van der Waals surface area contributed by atoms with Crippen molar-refractivity contribution in [1.82, 2.24) is 15.4 Å². The Kier molecular flexibility index (Phi) is 6.14. The van der Waals surface area contributed by atoms with Crippen LogP contribution in [0.1, 0.15) is 31.5 Å². The largest absolute Gasteiger partial charge is 0.346 e. The molecule has 1 heterocycles. The first-order valence-electron chi connectivity index (χ1n) is 9.57. The van der Waals surface area contributed by atoms with Gasteiger partial charge in [0.2, 0.25) is 0 Å². The Hall–Kier alpha value is -2.37. The maximum atomic E-state index is 11.1. The summed E-state index contributed by atoms with van der Waals surface area (Å²) in [5.41, 5.74) is 5.48. The van der Waals surface area contributed by atoms with E-state index in [-0.39, 0.29) is 5.41 Å². The molecule has 2 aliphatic carbocycles. The van der Waals surface area contributed by atoms with Gasteiger partial charge >= 0.3 is 0 Å². The van der Waals surface area contributed by atoms with Crippen molar-refractivity contribution in [1.29, 1.82) is 0 Å². The quantitative estimate of drug-likeness (QED) is 0.300. The number of nitrogens with zero attached hydrogens (tertiary/aromatic N) is 1. The van der Waals surface area contributed by atoms with Crippen molar-refractivity contribution >= 4 is 12.0 Å². The molecule has 0 radical (unpaired) electrons. The van der Waals surface area contributed by atoms with Gasteiger partial charge in [-0.25, -0.2) is 5.48 Å². The normalized spacial score (nSPS) is 24.1. The molecule has 2 unspecified atom stereocenters. The highest BCUT2D eigenvalue weighted by atomic mass is 16.5. The molecule has 5 heteroatoms. The molecule has 0 spiro atoms. The van der Waals surface area contributed by atoms with Gasteiger partial charge in [0.15, 0.2) is 0 Å². The minimum atomic E-state index is -0.502. The van der Waals surface area contributed by atoms with Gasteiger partial charge in [-0.05, 0) is 42.0 Å². The molecule has 0 aromatic carbocycles. The Morgan fingerprint density at radius 2 is 2.30 bits per heavy atom. The van der Waals surface area contributed by atoms with Crippen LogP contribution in [0.4, 0.5) is 0 Å². The van der Waals surface area contributed by atoms with Crippen LogP contribution in [-0.4, -0.2) is 28.8 Å². The number of hydrogen-bond acceptors (Lipinski definition) is 3. The predicted octanol–water partition coefficient (Wildman–Crippen LogP) is 3.24. The highest BCUT2D eigenvalue weighted by Crippen LogP contribution is 2.30. The SMILES string of the molecule is CC1C=Cc2c(ccn2CCNCC2=CCC(C)(C=CC(=O)NO)C=C2)C1. The summed E-state index contributed by atoms with van der Waals surface area (Å²) in [6.07, 6.45) is 18.3. The van der Waals surface area contributed by atoms with Crippen LogP contribution in [0.15, 0.2) is 54.3 Å². The predicted molar refractivity (Wildman–Crippen MR) is 108 cm³/mol. The zero-order valence-corrected chi connectivity index (χ0v) is 16.1. The summed E-state index contributed by atoms with van der Waals surface area (Å²) in [5, 5.41) is 12.1. The molecule has 3 rings (SSSR count). The van der Waals surface area contributed by atoms with Crippen molar-refractivity contribution in [3.05, 3.63) is 65.5 Å². The summed E-state index contributed by atoms with van der Waals surface area (Å²) in [6, 6.07) is 2.24. The molecule has 0 fully saturated rings. The number of rotatable bonds is 7. The smallest absolute Gasteiger partial charge is 0.267 e. The second-order valence-electron chi connectivity index (χ2n) is 7.77.